The highest BCUT2D eigenvalue weighted by molar-refractivity contribution is 5.76. The number of amides is 1. The van der Waals surface area contributed by atoms with Gasteiger partial charge in [0.1, 0.15) is 18.3 Å². The maximum atomic E-state index is 11.2. The molecule has 0 fully saturated rings. The summed E-state index contributed by atoms with van der Waals surface area (Å²) in [5.74, 6) is -0.127. The minimum atomic E-state index is -0.127. The van der Waals surface area contributed by atoms with Crippen LogP contribution in [0.2, 0.25) is 0 Å². The number of nitriles is 1. The van der Waals surface area contributed by atoms with Crippen LogP contribution in [0, 0.1) is 11.3 Å². The number of nitrogens with one attached hydrogen (secondary N) is 1. The molecule has 4 heteroatoms. The van der Waals surface area contributed by atoms with Gasteiger partial charge in [-0.05, 0) is 12.1 Å². The number of hydrogen-bond acceptors (Lipinski definition) is 2. The van der Waals surface area contributed by atoms with E-state index in [1.165, 1.54) is 0 Å². The van der Waals surface area contributed by atoms with Crippen LogP contribution in [0.15, 0.2) is 31.0 Å². The topological polar surface area (TPSA) is 57.8 Å². The van der Waals surface area contributed by atoms with E-state index in [0.717, 1.165) is 0 Å². The largest absolute Gasteiger partial charge is 0.351 e. The van der Waals surface area contributed by atoms with Crippen LogP contribution < -0.4 is 5.32 Å². The molecule has 1 rings (SSSR count). The van der Waals surface area contributed by atoms with Gasteiger partial charge in [-0.2, -0.15) is 5.26 Å². The fourth-order valence-electron chi connectivity index (χ4n) is 1.05. The van der Waals surface area contributed by atoms with Crippen molar-refractivity contribution in [3.63, 3.8) is 0 Å². The molecule has 0 spiro atoms. The molecule has 1 aromatic heterocycles. The van der Waals surface area contributed by atoms with Gasteiger partial charge in [0.25, 0.3) is 0 Å². The molecule has 1 N–H and O–H groups in total. The second kappa shape index (κ2) is 4.87. The number of rotatable bonds is 4. The molecule has 0 aliphatic heterocycles. The van der Waals surface area contributed by atoms with Gasteiger partial charge in [-0.25, -0.2) is 0 Å². The van der Waals surface area contributed by atoms with E-state index in [1.54, 1.807) is 29.0 Å². The van der Waals surface area contributed by atoms with E-state index in [1.807, 2.05) is 6.07 Å². The molecule has 0 atom stereocenters. The first-order valence-corrected chi connectivity index (χ1v) is 4.20. The Bertz CT molecular complexity index is 373. The van der Waals surface area contributed by atoms with Gasteiger partial charge in [-0.1, -0.05) is 6.08 Å². The van der Waals surface area contributed by atoms with Crippen molar-refractivity contribution >= 4 is 5.91 Å². The van der Waals surface area contributed by atoms with Crippen molar-refractivity contribution in [1.29, 1.82) is 5.26 Å². The van der Waals surface area contributed by atoms with Gasteiger partial charge in [-0.3, -0.25) is 4.79 Å². The van der Waals surface area contributed by atoms with Crippen molar-refractivity contribution in [2.45, 2.75) is 6.54 Å². The molecule has 1 amide bonds. The highest BCUT2D eigenvalue weighted by atomic mass is 16.1. The van der Waals surface area contributed by atoms with Gasteiger partial charge in [0.2, 0.25) is 5.91 Å². The second-order valence-electron chi connectivity index (χ2n) is 2.73. The minimum absolute atomic E-state index is 0.127. The first-order chi connectivity index (χ1) is 6.77. The van der Waals surface area contributed by atoms with Gasteiger partial charge >= 0.3 is 0 Å². The molecule has 0 saturated heterocycles. The quantitative estimate of drug-likeness (QED) is 0.707. The van der Waals surface area contributed by atoms with Crippen LogP contribution in [-0.4, -0.2) is 17.0 Å². The van der Waals surface area contributed by atoms with Crippen LogP contribution >= 0.6 is 0 Å². The van der Waals surface area contributed by atoms with Crippen LogP contribution in [-0.2, 0) is 11.3 Å². The molecule has 1 heterocycles. The van der Waals surface area contributed by atoms with Gasteiger partial charge in [0, 0.05) is 12.7 Å². The third-order valence-electron chi connectivity index (χ3n) is 1.70. The molecule has 4 nitrogen and oxygen atoms in total. The normalized spacial score (nSPS) is 9.07. The van der Waals surface area contributed by atoms with Crippen LogP contribution in [0.4, 0.5) is 0 Å². The maximum Gasteiger partial charge on any atom is 0.240 e. The summed E-state index contributed by atoms with van der Waals surface area (Å²) in [6, 6.07) is 5.40. The lowest BCUT2D eigenvalue weighted by molar-refractivity contribution is -0.121. The standard InChI is InChI=1S/C10H11N3O/c1-2-5-12-10(14)8-13-6-3-4-9(13)7-11/h2-4,6H,1,5,8H2,(H,12,14). The van der Waals surface area contributed by atoms with Crippen LogP contribution in [0.3, 0.4) is 0 Å². The first kappa shape index (κ1) is 10.1. The highest BCUT2D eigenvalue weighted by Crippen LogP contribution is 1.99. The molecule has 0 radical (unpaired) electrons. The molecular formula is C10H11N3O. The van der Waals surface area contributed by atoms with Crippen LogP contribution in [0.25, 0.3) is 0 Å². The summed E-state index contributed by atoms with van der Waals surface area (Å²) in [5, 5.41) is 11.3. The average molecular weight is 189 g/mol. The smallest absolute Gasteiger partial charge is 0.240 e. The van der Waals surface area contributed by atoms with Crippen molar-refractivity contribution in [3.05, 3.63) is 36.7 Å². The Morgan fingerprint density at radius 3 is 3.21 bits per heavy atom. The van der Waals surface area contributed by atoms with Crippen LogP contribution in [0.5, 0.6) is 0 Å². The molecule has 14 heavy (non-hydrogen) atoms. The summed E-state index contributed by atoms with van der Waals surface area (Å²) in [4.78, 5) is 11.2. The Labute approximate surface area is 82.5 Å². The molecule has 0 saturated carbocycles. The maximum absolute atomic E-state index is 11.2. The van der Waals surface area contributed by atoms with Gasteiger partial charge in [0.05, 0.1) is 0 Å². The van der Waals surface area contributed by atoms with Crippen molar-refractivity contribution in [1.82, 2.24) is 9.88 Å². The third kappa shape index (κ3) is 2.49. The Hall–Kier alpha value is -2.02. The number of carbonyl (C=O) groups is 1. The Morgan fingerprint density at radius 2 is 2.57 bits per heavy atom. The molecule has 0 aliphatic carbocycles. The fourth-order valence-corrected chi connectivity index (χ4v) is 1.05. The average Bonchev–Trinajstić information content (AvgIpc) is 2.62. The third-order valence-corrected chi connectivity index (χ3v) is 1.70. The van der Waals surface area contributed by atoms with Gasteiger partial charge in [-0.15, -0.1) is 6.58 Å². The predicted molar refractivity (Wildman–Crippen MR) is 52.4 cm³/mol. The molecular weight excluding hydrogens is 178 g/mol. The van der Waals surface area contributed by atoms with Crippen molar-refractivity contribution in [2.24, 2.45) is 0 Å². The van der Waals surface area contributed by atoms with Crippen molar-refractivity contribution in [3.8, 4) is 6.07 Å². The van der Waals surface area contributed by atoms with Crippen LogP contribution in [0.1, 0.15) is 5.69 Å². The lowest BCUT2D eigenvalue weighted by atomic mass is 10.4. The Balaban J connectivity index is 2.56. The van der Waals surface area contributed by atoms with Gasteiger partial charge < -0.3 is 9.88 Å². The second-order valence-corrected chi connectivity index (χ2v) is 2.73. The van der Waals surface area contributed by atoms with Crippen molar-refractivity contribution in [2.75, 3.05) is 6.54 Å². The summed E-state index contributed by atoms with van der Waals surface area (Å²) in [5.41, 5.74) is 0.485. The van der Waals surface area contributed by atoms with Gasteiger partial charge in [0.15, 0.2) is 0 Å². The lowest BCUT2D eigenvalue weighted by Crippen LogP contribution is -2.27. The van der Waals surface area contributed by atoms with E-state index in [0.29, 0.717) is 12.2 Å². The molecule has 72 valence electrons. The van der Waals surface area contributed by atoms with E-state index in [4.69, 9.17) is 5.26 Å². The minimum Gasteiger partial charge on any atom is -0.351 e. The summed E-state index contributed by atoms with van der Waals surface area (Å²) >= 11 is 0. The molecule has 0 bridgehead atoms. The number of aromatic nitrogens is 1. The van der Waals surface area contributed by atoms with E-state index in [2.05, 4.69) is 11.9 Å². The van der Waals surface area contributed by atoms with E-state index >= 15 is 0 Å². The Morgan fingerprint density at radius 1 is 1.79 bits per heavy atom. The zero-order chi connectivity index (χ0) is 10.4. The van der Waals surface area contributed by atoms with E-state index in [9.17, 15) is 4.79 Å². The fraction of sp³-hybridized carbons (Fsp3) is 0.200. The molecule has 0 aliphatic rings. The molecule has 0 aromatic carbocycles. The van der Waals surface area contributed by atoms with Crippen molar-refractivity contribution < 1.29 is 4.79 Å². The predicted octanol–water partition coefficient (Wildman–Crippen LogP) is 0.662. The zero-order valence-electron chi connectivity index (χ0n) is 7.73. The zero-order valence-corrected chi connectivity index (χ0v) is 7.73. The number of carbonyl (C=O) groups excluding carboxylic acids is 1. The summed E-state index contributed by atoms with van der Waals surface area (Å²) in [6.07, 6.45) is 3.31. The first-order valence-electron chi connectivity index (χ1n) is 4.20. The summed E-state index contributed by atoms with van der Waals surface area (Å²) in [6.45, 7) is 4.11. The van der Waals surface area contributed by atoms with E-state index < -0.39 is 0 Å². The summed E-state index contributed by atoms with van der Waals surface area (Å²) < 4.78 is 1.60. The number of nitrogens with zero attached hydrogens (tertiary/aromatic N) is 2. The SMILES string of the molecule is C=CCNC(=O)Cn1cccc1C#N. The summed E-state index contributed by atoms with van der Waals surface area (Å²) in [7, 11) is 0. The van der Waals surface area contributed by atoms with E-state index in [-0.39, 0.29) is 12.5 Å². The molecule has 1 aromatic rings. The monoisotopic (exact) mass is 189 g/mol. The lowest BCUT2D eigenvalue weighted by Gasteiger charge is -2.04. The molecule has 0 unspecified atom stereocenters. The highest BCUT2D eigenvalue weighted by Gasteiger charge is 2.04. The number of hydrogen-bond donors (Lipinski definition) is 1. The Kier molecular flexibility index (Phi) is 3.50.